The summed E-state index contributed by atoms with van der Waals surface area (Å²) in [5.74, 6) is -0.394. The average Bonchev–Trinajstić information content (AvgIpc) is 2.48. The van der Waals surface area contributed by atoms with E-state index in [1.54, 1.807) is 0 Å². The lowest BCUT2D eigenvalue weighted by atomic mass is 9.44. The molecule has 0 radical (unpaired) electrons. The molecular formula is C20H34O4. The van der Waals surface area contributed by atoms with E-state index < -0.39 is 11.9 Å². The lowest BCUT2D eigenvalue weighted by molar-refractivity contribution is -0.164. The standard InChI is InChI=1S/C20H34O4/c1-13(12-17(21)22)8-10-19(3)14(2)9-11-20(4)15(18(23)24)6-5-7-16(19)20/h13-16H,5-12H2,1-4H3,(H,21,22)(H,23,24). The molecule has 2 fully saturated rings. The summed E-state index contributed by atoms with van der Waals surface area (Å²) in [6.45, 7) is 8.88. The Balaban J connectivity index is 2.20. The lowest BCUT2D eigenvalue weighted by Crippen LogP contribution is -2.54. The van der Waals surface area contributed by atoms with Crippen molar-refractivity contribution in [3.05, 3.63) is 0 Å². The Morgan fingerprint density at radius 1 is 1.17 bits per heavy atom. The van der Waals surface area contributed by atoms with E-state index in [2.05, 4.69) is 20.8 Å². The number of carbonyl (C=O) groups is 2. The van der Waals surface area contributed by atoms with Crippen molar-refractivity contribution in [3.63, 3.8) is 0 Å². The molecule has 0 amide bonds. The fourth-order valence-corrected chi connectivity index (χ4v) is 5.84. The monoisotopic (exact) mass is 338 g/mol. The second-order valence-corrected chi connectivity index (χ2v) is 9.07. The van der Waals surface area contributed by atoms with E-state index in [9.17, 15) is 14.7 Å². The highest BCUT2D eigenvalue weighted by Crippen LogP contribution is 2.63. The zero-order valence-corrected chi connectivity index (χ0v) is 15.7. The Bertz CT molecular complexity index is 488. The van der Waals surface area contributed by atoms with Gasteiger partial charge < -0.3 is 10.2 Å². The van der Waals surface area contributed by atoms with Crippen molar-refractivity contribution in [3.8, 4) is 0 Å². The summed E-state index contributed by atoms with van der Waals surface area (Å²) in [7, 11) is 0. The first-order chi connectivity index (χ1) is 11.1. The van der Waals surface area contributed by atoms with E-state index in [1.807, 2.05) is 6.92 Å². The first-order valence-electron chi connectivity index (χ1n) is 9.56. The fraction of sp³-hybridized carbons (Fsp3) is 0.900. The van der Waals surface area contributed by atoms with Gasteiger partial charge in [-0.2, -0.15) is 0 Å². The van der Waals surface area contributed by atoms with Crippen molar-refractivity contribution < 1.29 is 19.8 Å². The summed E-state index contributed by atoms with van der Waals surface area (Å²) in [5, 5.41) is 18.7. The van der Waals surface area contributed by atoms with Gasteiger partial charge in [0.15, 0.2) is 0 Å². The molecule has 6 atom stereocenters. The van der Waals surface area contributed by atoms with E-state index in [4.69, 9.17) is 5.11 Å². The van der Waals surface area contributed by atoms with Crippen LogP contribution in [-0.4, -0.2) is 22.2 Å². The van der Waals surface area contributed by atoms with Gasteiger partial charge in [0.25, 0.3) is 0 Å². The molecule has 24 heavy (non-hydrogen) atoms. The molecule has 138 valence electrons. The number of carboxylic acids is 2. The van der Waals surface area contributed by atoms with Gasteiger partial charge in [-0.3, -0.25) is 9.59 Å². The summed E-state index contributed by atoms with van der Waals surface area (Å²) in [6.07, 6.45) is 7.17. The minimum absolute atomic E-state index is 0.110. The van der Waals surface area contributed by atoms with Crippen LogP contribution >= 0.6 is 0 Å². The third-order valence-corrected chi connectivity index (χ3v) is 7.61. The SMILES string of the molecule is CC(CCC1(C)C(C)CCC2(C)C(C(=O)O)CCCC12)CC(=O)O. The molecule has 4 heteroatoms. The van der Waals surface area contributed by atoms with Crippen LogP contribution in [0.5, 0.6) is 0 Å². The van der Waals surface area contributed by atoms with E-state index >= 15 is 0 Å². The fourth-order valence-electron chi connectivity index (χ4n) is 5.84. The zero-order valence-electron chi connectivity index (χ0n) is 15.7. The Morgan fingerprint density at radius 3 is 2.42 bits per heavy atom. The smallest absolute Gasteiger partial charge is 0.307 e. The lowest BCUT2D eigenvalue weighted by Gasteiger charge is -2.60. The summed E-state index contributed by atoms with van der Waals surface area (Å²) < 4.78 is 0. The summed E-state index contributed by atoms with van der Waals surface area (Å²) in [4.78, 5) is 22.8. The molecule has 0 spiro atoms. The number of hydrogen-bond acceptors (Lipinski definition) is 2. The van der Waals surface area contributed by atoms with Crippen LogP contribution in [0.3, 0.4) is 0 Å². The van der Waals surface area contributed by atoms with Crippen molar-refractivity contribution >= 4 is 11.9 Å². The number of hydrogen-bond donors (Lipinski definition) is 2. The maximum absolute atomic E-state index is 11.8. The van der Waals surface area contributed by atoms with Crippen LogP contribution in [0.2, 0.25) is 0 Å². The Labute approximate surface area is 146 Å². The van der Waals surface area contributed by atoms with Gasteiger partial charge in [0, 0.05) is 6.42 Å². The molecule has 2 aliphatic rings. The number of fused-ring (bicyclic) bond motifs is 1. The van der Waals surface area contributed by atoms with Gasteiger partial charge in [0.1, 0.15) is 0 Å². The Morgan fingerprint density at radius 2 is 1.83 bits per heavy atom. The normalized spacial score (nSPS) is 40.6. The van der Waals surface area contributed by atoms with Gasteiger partial charge in [0.05, 0.1) is 5.92 Å². The van der Waals surface area contributed by atoms with Gasteiger partial charge in [-0.15, -0.1) is 0 Å². The van der Waals surface area contributed by atoms with Gasteiger partial charge in [-0.05, 0) is 67.1 Å². The molecule has 0 aliphatic heterocycles. The van der Waals surface area contributed by atoms with Crippen molar-refractivity contribution in [2.24, 2.45) is 34.5 Å². The molecule has 2 aliphatic carbocycles. The first-order valence-corrected chi connectivity index (χ1v) is 9.56. The Kier molecular flexibility index (Phi) is 5.66. The molecule has 0 bridgehead atoms. The zero-order chi connectivity index (χ0) is 18.1. The minimum Gasteiger partial charge on any atom is -0.481 e. The highest BCUT2D eigenvalue weighted by atomic mass is 16.4. The minimum atomic E-state index is -0.724. The van der Waals surface area contributed by atoms with Gasteiger partial charge in [0.2, 0.25) is 0 Å². The van der Waals surface area contributed by atoms with Crippen LogP contribution in [0.25, 0.3) is 0 Å². The average molecular weight is 338 g/mol. The van der Waals surface area contributed by atoms with Crippen molar-refractivity contribution in [2.75, 3.05) is 0 Å². The number of aliphatic carboxylic acids is 2. The van der Waals surface area contributed by atoms with Crippen LogP contribution in [-0.2, 0) is 9.59 Å². The van der Waals surface area contributed by atoms with Crippen molar-refractivity contribution in [1.29, 1.82) is 0 Å². The van der Waals surface area contributed by atoms with Gasteiger partial charge in [-0.25, -0.2) is 0 Å². The largest absolute Gasteiger partial charge is 0.481 e. The number of carboxylic acid groups (broad SMARTS) is 2. The van der Waals surface area contributed by atoms with E-state index in [0.717, 1.165) is 44.9 Å². The van der Waals surface area contributed by atoms with E-state index in [1.165, 1.54) is 0 Å². The molecule has 0 aromatic heterocycles. The molecule has 2 rings (SSSR count). The first kappa shape index (κ1) is 19.3. The van der Waals surface area contributed by atoms with Crippen LogP contribution in [0.1, 0.15) is 79.1 Å². The summed E-state index contributed by atoms with van der Waals surface area (Å²) in [5.41, 5.74) is 0.00919. The molecule has 0 saturated heterocycles. The molecule has 4 nitrogen and oxygen atoms in total. The van der Waals surface area contributed by atoms with Gasteiger partial charge in [-0.1, -0.05) is 34.1 Å². The predicted octanol–water partition coefficient (Wildman–Crippen LogP) is 4.82. The second kappa shape index (κ2) is 7.05. The summed E-state index contributed by atoms with van der Waals surface area (Å²) >= 11 is 0. The maximum atomic E-state index is 11.8. The van der Waals surface area contributed by atoms with Crippen LogP contribution in [0.4, 0.5) is 0 Å². The third-order valence-electron chi connectivity index (χ3n) is 7.61. The highest BCUT2D eigenvalue weighted by molar-refractivity contribution is 5.71. The Hall–Kier alpha value is -1.06. The van der Waals surface area contributed by atoms with Gasteiger partial charge >= 0.3 is 11.9 Å². The topological polar surface area (TPSA) is 74.6 Å². The quantitative estimate of drug-likeness (QED) is 0.728. The van der Waals surface area contributed by atoms with Crippen LogP contribution < -0.4 is 0 Å². The van der Waals surface area contributed by atoms with Crippen LogP contribution in [0, 0.1) is 34.5 Å². The molecule has 2 N–H and O–H groups in total. The molecule has 2 saturated carbocycles. The van der Waals surface area contributed by atoms with E-state index in [0.29, 0.717) is 11.8 Å². The maximum Gasteiger partial charge on any atom is 0.307 e. The van der Waals surface area contributed by atoms with Crippen molar-refractivity contribution in [2.45, 2.75) is 79.1 Å². The molecule has 0 aromatic rings. The molecule has 6 unspecified atom stereocenters. The summed E-state index contributed by atoms with van der Waals surface area (Å²) in [6, 6.07) is 0. The molecular weight excluding hydrogens is 304 g/mol. The second-order valence-electron chi connectivity index (χ2n) is 9.07. The molecule has 0 heterocycles. The van der Waals surface area contributed by atoms with Crippen LogP contribution in [0.15, 0.2) is 0 Å². The predicted molar refractivity (Wildman–Crippen MR) is 93.7 cm³/mol. The van der Waals surface area contributed by atoms with Crippen molar-refractivity contribution in [1.82, 2.24) is 0 Å². The molecule has 0 aromatic carbocycles. The third kappa shape index (κ3) is 3.48. The highest BCUT2D eigenvalue weighted by Gasteiger charge is 2.57. The number of rotatable bonds is 6. The van der Waals surface area contributed by atoms with E-state index in [-0.39, 0.29) is 29.1 Å².